The van der Waals surface area contributed by atoms with E-state index < -0.39 is 24.9 Å². The van der Waals surface area contributed by atoms with Gasteiger partial charge in [0, 0.05) is 30.6 Å². The maximum atomic E-state index is 14.2. The van der Waals surface area contributed by atoms with Gasteiger partial charge in [0.15, 0.2) is 11.4 Å². The predicted molar refractivity (Wildman–Crippen MR) is 128 cm³/mol. The number of anilines is 1. The molecule has 0 bridgehead atoms. The Bertz CT molecular complexity index is 1330. The number of hydrogen-bond acceptors (Lipinski definition) is 6. The van der Waals surface area contributed by atoms with E-state index in [2.05, 4.69) is 20.1 Å². The van der Waals surface area contributed by atoms with Gasteiger partial charge in [-0.05, 0) is 55.7 Å². The number of piperidine rings is 1. The Morgan fingerprint density at radius 3 is 2.46 bits per heavy atom. The summed E-state index contributed by atoms with van der Waals surface area (Å²) in [6.45, 7) is 2.25. The van der Waals surface area contributed by atoms with Crippen LogP contribution in [0.2, 0.25) is 5.02 Å². The number of hydrogen-bond donors (Lipinski definition) is 0. The molecule has 0 atom stereocenters. The highest BCUT2D eigenvalue weighted by Gasteiger charge is 2.63. The van der Waals surface area contributed by atoms with E-state index in [9.17, 15) is 17.6 Å². The Kier molecular flexibility index (Phi) is 5.92. The number of fused-ring (bicyclic) bond motifs is 3. The first-order valence-electron chi connectivity index (χ1n) is 12.2. The van der Waals surface area contributed by atoms with Crippen molar-refractivity contribution in [1.29, 1.82) is 0 Å². The molecular formula is C25H25ClF4N6O. The van der Waals surface area contributed by atoms with Crippen LogP contribution in [0.5, 0.6) is 0 Å². The fourth-order valence-electron chi connectivity index (χ4n) is 5.49. The Morgan fingerprint density at radius 1 is 1.05 bits per heavy atom. The summed E-state index contributed by atoms with van der Waals surface area (Å²) in [5.41, 5.74) is -0.279. The lowest BCUT2D eigenvalue weighted by Crippen LogP contribution is -2.69. The van der Waals surface area contributed by atoms with Gasteiger partial charge in [0.1, 0.15) is 17.5 Å². The molecule has 6 rings (SSSR count). The maximum Gasteiger partial charge on any atom is 0.411 e. The van der Waals surface area contributed by atoms with Crippen LogP contribution in [0, 0.1) is 12.7 Å². The summed E-state index contributed by atoms with van der Waals surface area (Å²) in [5.74, 6) is 1.64. The van der Waals surface area contributed by atoms with E-state index in [-0.39, 0.29) is 24.8 Å². The molecule has 2 fully saturated rings. The van der Waals surface area contributed by atoms with Crippen molar-refractivity contribution in [3.8, 4) is 5.69 Å². The zero-order chi connectivity index (χ0) is 25.9. The standard InChI is InChI=1S/C25H25ClF4N6O/c1-15-19(27)3-5-21(31-15)34-8-6-16(7-9-34)23-33-32-22-12-35(24(13-37-14-24)25(28,29)30)11-17-10-18(26)2-4-20(17)36(22)23/h2-5,10,16H,6-9,11-14H2,1H3. The molecule has 0 saturated carbocycles. The Balaban J connectivity index is 1.32. The summed E-state index contributed by atoms with van der Waals surface area (Å²) in [7, 11) is 0. The highest BCUT2D eigenvalue weighted by atomic mass is 35.5. The zero-order valence-electron chi connectivity index (χ0n) is 20.1. The molecule has 0 radical (unpaired) electrons. The number of nitrogens with zero attached hydrogens (tertiary/aromatic N) is 6. The van der Waals surface area contributed by atoms with Crippen molar-refractivity contribution in [3.63, 3.8) is 0 Å². The first kappa shape index (κ1) is 24.6. The van der Waals surface area contributed by atoms with Crippen LogP contribution in [0.15, 0.2) is 30.3 Å². The summed E-state index contributed by atoms with van der Waals surface area (Å²) in [6.07, 6.45) is -2.95. The molecule has 12 heteroatoms. The van der Waals surface area contributed by atoms with Crippen molar-refractivity contribution < 1.29 is 22.3 Å². The fraction of sp³-hybridized carbons (Fsp3) is 0.480. The largest absolute Gasteiger partial charge is 0.411 e. The third kappa shape index (κ3) is 4.07. The number of halogens is 5. The molecule has 0 N–H and O–H groups in total. The minimum atomic E-state index is -4.46. The van der Waals surface area contributed by atoms with Crippen molar-refractivity contribution in [2.45, 2.75) is 50.5 Å². The number of pyridine rings is 1. The molecular weight excluding hydrogens is 512 g/mol. The normalized spacial score (nSPS) is 20.2. The van der Waals surface area contributed by atoms with Crippen LogP contribution >= 0.6 is 11.6 Å². The van der Waals surface area contributed by atoms with E-state index in [4.69, 9.17) is 16.3 Å². The van der Waals surface area contributed by atoms with Gasteiger partial charge in [-0.25, -0.2) is 9.37 Å². The minimum Gasteiger partial charge on any atom is -0.377 e. The Morgan fingerprint density at radius 2 is 1.81 bits per heavy atom. The molecule has 196 valence electrons. The van der Waals surface area contributed by atoms with Crippen LogP contribution in [0.3, 0.4) is 0 Å². The predicted octanol–water partition coefficient (Wildman–Crippen LogP) is 4.79. The van der Waals surface area contributed by atoms with Gasteiger partial charge < -0.3 is 9.64 Å². The molecule has 0 aliphatic carbocycles. The number of rotatable bonds is 3. The van der Waals surface area contributed by atoms with Gasteiger partial charge in [-0.2, -0.15) is 13.2 Å². The zero-order valence-corrected chi connectivity index (χ0v) is 20.9. The van der Waals surface area contributed by atoms with Crippen LogP contribution in [-0.2, 0) is 17.8 Å². The quantitative estimate of drug-likeness (QED) is 0.449. The molecule has 1 aromatic carbocycles. The fourth-order valence-corrected chi connectivity index (χ4v) is 5.68. The molecule has 0 amide bonds. The van der Waals surface area contributed by atoms with E-state index in [0.717, 1.165) is 30.2 Å². The molecule has 0 unspecified atom stereocenters. The summed E-state index contributed by atoms with van der Waals surface area (Å²) in [6, 6.07) is 8.39. The van der Waals surface area contributed by atoms with Gasteiger partial charge in [0.25, 0.3) is 0 Å². The summed E-state index contributed by atoms with van der Waals surface area (Å²) in [4.78, 5) is 7.88. The van der Waals surface area contributed by atoms with Gasteiger partial charge in [0.2, 0.25) is 0 Å². The van der Waals surface area contributed by atoms with Crippen LogP contribution in [-0.4, -0.2) is 62.7 Å². The molecule has 37 heavy (non-hydrogen) atoms. The van der Waals surface area contributed by atoms with Crippen molar-refractivity contribution >= 4 is 17.4 Å². The molecule has 5 heterocycles. The molecule has 2 aromatic heterocycles. The van der Waals surface area contributed by atoms with Gasteiger partial charge in [-0.3, -0.25) is 9.47 Å². The van der Waals surface area contributed by atoms with Crippen molar-refractivity contribution in [1.82, 2.24) is 24.6 Å². The number of benzene rings is 1. The summed E-state index contributed by atoms with van der Waals surface area (Å²) >= 11 is 6.27. The SMILES string of the molecule is Cc1nc(N2CCC(c3nnc4n3-c3ccc(Cl)cc3CN(C3(C(F)(F)F)COC3)C4)CC2)ccc1F. The van der Waals surface area contributed by atoms with E-state index in [0.29, 0.717) is 35.2 Å². The number of alkyl halides is 3. The van der Waals surface area contributed by atoms with Crippen molar-refractivity contribution in [2.24, 2.45) is 0 Å². The number of ether oxygens (including phenoxy) is 1. The van der Waals surface area contributed by atoms with Crippen molar-refractivity contribution in [3.05, 3.63) is 64.1 Å². The minimum absolute atomic E-state index is 0.0141. The first-order chi connectivity index (χ1) is 17.7. The van der Waals surface area contributed by atoms with Crippen LogP contribution in [0.25, 0.3) is 5.69 Å². The van der Waals surface area contributed by atoms with Crippen LogP contribution < -0.4 is 4.90 Å². The number of aromatic nitrogens is 4. The summed E-state index contributed by atoms with van der Waals surface area (Å²) in [5, 5.41) is 9.32. The molecule has 3 aromatic rings. The lowest BCUT2D eigenvalue weighted by molar-refractivity contribution is -0.310. The molecule has 7 nitrogen and oxygen atoms in total. The molecule has 3 aliphatic heterocycles. The highest BCUT2D eigenvalue weighted by molar-refractivity contribution is 6.30. The van der Waals surface area contributed by atoms with E-state index in [1.807, 2.05) is 10.6 Å². The maximum absolute atomic E-state index is 14.2. The second kappa shape index (κ2) is 8.92. The lowest BCUT2D eigenvalue weighted by Gasteiger charge is -2.49. The molecule has 2 saturated heterocycles. The van der Waals surface area contributed by atoms with E-state index >= 15 is 0 Å². The molecule has 0 spiro atoms. The third-order valence-electron chi connectivity index (χ3n) is 7.74. The second-order valence-electron chi connectivity index (χ2n) is 9.96. The van der Waals surface area contributed by atoms with Crippen molar-refractivity contribution in [2.75, 3.05) is 31.2 Å². The Labute approximate surface area is 216 Å². The Hall–Kier alpha value is -2.76. The van der Waals surface area contributed by atoms with E-state index in [1.54, 1.807) is 25.1 Å². The lowest BCUT2D eigenvalue weighted by atomic mass is 9.93. The molecule has 3 aliphatic rings. The summed E-state index contributed by atoms with van der Waals surface area (Å²) < 4.78 is 63.2. The number of aryl methyl sites for hydroxylation is 1. The van der Waals surface area contributed by atoms with E-state index in [1.165, 1.54) is 11.0 Å². The average molecular weight is 537 g/mol. The topological polar surface area (TPSA) is 59.3 Å². The van der Waals surface area contributed by atoms with Gasteiger partial charge in [0.05, 0.1) is 31.1 Å². The highest BCUT2D eigenvalue weighted by Crippen LogP contribution is 2.44. The van der Waals surface area contributed by atoms with Crippen LogP contribution in [0.1, 0.15) is 41.7 Å². The van der Waals surface area contributed by atoms with Gasteiger partial charge in [-0.1, -0.05) is 11.6 Å². The van der Waals surface area contributed by atoms with Crippen LogP contribution in [0.4, 0.5) is 23.4 Å². The average Bonchev–Trinajstić information content (AvgIpc) is 3.15. The van der Waals surface area contributed by atoms with Gasteiger partial charge in [-0.15, -0.1) is 10.2 Å². The second-order valence-corrected chi connectivity index (χ2v) is 10.4. The third-order valence-corrected chi connectivity index (χ3v) is 7.97. The monoisotopic (exact) mass is 536 g/mol. The van der Waals surface area contributed by atoms with Gasteiger partial charge >= 0.3 is 6.18 Å². The smallest absolute Gasteiger partial charge is 0.377 e. The first-order valence-corrected chi connectivity index (χ1v) is 12.5.